The van der Waals surface area contributed by atoms with E-state index in [1.807, 2.05) is 54.6 Å². The number of benzene rings is 2. The topological polar surface area (TPSA) is 34.0 Å². The van der Waals surface area contributed by atoms with Gasteiger partial charge in [-0.25, -0.2) is 0 Å². The summed E-state index contributed by atoms with van der Waals surface area (Å²) in [6.45, 7) is 0. The average molecular weight is 289 g/mol. The predicted molar refractivity (Wildman–Crippen MR) is 70.6 cm³/mol. The van der Waals surface area contributed by atoms with Gasteiger partial charge >= 0.3 is 104 Å². The molecule has 0 saturated carbocycles. The summed E-state index contributed by atoms with van der Waals surface area (Å²) < 4.78 is 2.83. The summed E-state index contributed by atoms with van der Waals surface area (Å²) in [6, 6.07) is 17.5. The molecule has 2 aromatic carbocycles. The standard InChI is InChI=1S/C13H10N2OSe/c16-13-11-8-4-5-9-12(11)17-15(13)14-10-6-2-1-3-7-10/h1-9,14H. The van der Waals surface area contributed by atoms with Gasteiger partial charge in [0.1, 0.15) is 0 Å². The van der Waals surface area contributed by atoms with Crippen LogP contribution in [0.15, 0.2) is 59.4 Å². The summed E-state index contributed by atoms with van der Waals surface area (Å²) in [6.07, 6.45) is 0. The van der Waals surface area contributed by atoms with Crippen molar-refractivity contribution in [1.82, 2.24) is 3.67 Å². The second-order valence-electron chi connectivity index (χ2n) is 3.66. The Kier molecular flexibility index (Phi) is 2.59. The minimum absolute atomic E-state index is 0.0174. The zero-order valence-electron chi connectivity index (χ0n) is 8.96. The van der Waals surface area contributed by atoms with Crippen LogP contribution in [0.25, 0.3) is 9.65 Å². The molecule has 0 aliphatic rings. The summed E-state index contributed by atoms with van der Waals surface area (Å²) in [4.78, 5) is 12.1. The van der Waals surface area contributed by atoms with E-state index in [4.69, 9.17) is 0 Å². The van der Waals surface area contributed by atoms with E-state index in [2.05, 4.69) is 5.43 Å². The van der Waals surface area contributed by atoms with Crippen molar-refractivity contribution in [3.63, 3.8) is 0 Å². The first kappa shape index (κ1) is 10.4. The second-order valence-corrected chi connectivity index (χ2v) is 5.74. The quantitative estimate of drug-likeness (QED) is 0.732. The Labute approximate surface area is 104 Å². The van der Waals surface area contributed by atoms with E-state index in [9.17, 15) is 4.79 Å². The van der Waals surface area contributed by atoms with Gasteiger partial charge in [-0.1, -0.05) is 0 Å². The van der Waals surface area contributed by atoms with Gasteiger partial charge in [0.25, 0.3) is 0 Å². The number of aromatic nitrogens is 1. The third kappa shape index (κ3) is 1.93. The summed E-state index contributed by atoms with van der Waals surface area (Å²) >= 11 is 0.0174. The molecule has 3 nitrogen and oxygen atoms in total. The van der Waals surface area contributed by atoms with E-state index in [0.29, 0.717) is 0 Å². The molecular formula is C13H10N2OSe. The van der Waals surface area contributed by atoms with Crippen LogP contribution < -0.4 is 11.0 Å². The molecule has 1 heterocycles. The van der Waals surface area contributed by atoms with Crippen LogP contribution in [0, 0.1) is 0 Å². The molecule has 0 radical (unpaired) electrons. The van der Waals surface area contributed by atoms with Crippen LogP contribution in [0.5, 0.6) is 0 Å². The van der Waals surface area contributed by atoms with Crippen molar-refractivity contribution in [2.45, 2.75) is 0 Å². The van der Waals surface area contributed by atoms with Crippen LogP contribution in [0.3, 0.4) is 0 Å². The predicted octanol–water partition coefficient (Wildman–Crippen LogP) is 1.93. The van der Waals surface area contributed by atoms with Crippen molar-refractivity contribution < 1.29 is 0 Å². The summed E-state index contributed by atoms with van der Waals surface area (Å²) in [5, 5.41) is 0.816. The SMILES string of the molecule is O=c1c2ccccc2[se]n1Nc1ccccc1. The molecular weight excluding hydrogens is 279 g/mol. The molecule has 0 unspecified atom stereocenters. The third-order valence-corrected chi connectivity index (χ3v) is 4.58. The van der Waals surface area contributed by atoms with E-state index in [1.54, 1.807) is 3.67 Å². The van der Waals surface area contributed by atoms with Gasteiger partial charge in [0.2, 0.25) is 0 Å². The first-order valence-corrected chi connectivity index (χ1v) is 6.90. The number of fused-ring (bicyclic) bond motifs is 1. The molecule has 0 bridgehead atoms. The van der Waals surface area contributed by atoms with Gasteiger partial charge in [-0.3, -0.25) is 0 Å². The second kappa shape index (κ2) is 4.24. The molecule has 1 N–H and O–H groups in total. The van der Waals surface area contributed by atoms with Crippen molar-refractivity contribution in [1.29, 1.82) is 0 Å². The van der Waals surface area contributed by atoms with Gasteiger partial charge in [-0.2, -0.15) is 0 Å². The molecule has 0 spiro atoms. The Bertz CT molecular complexity index is 700. The van der Waals surface area contributed by atoms with E-state index in [1.165, 1.54) is 0 Å². The van der Waals surface area contributed by atoms with Crippen LogP contribution in [-0.2, 0) is 0 Å². The van der Waals surface area contributed by atoms with Crippen molar-refractivity contribution >= 4 is 30.1 Å². The minimum atomic E-state index is 0.0174. The number of para-hydroxylation sites is 1. The van der Waals surface area contributed by atoms with Gasteiger partial charge in [-0.15, -0.1) is 0 Å². The fraction of sp³-hybridized carbons (Fsp3) is 0. The number of hydrogen-bond acceptors (Lipinski definition) is 2. The fourth-order valence-electron chi connectivity index (χ4n) is 1.68. The normalized spacial score (nSPS) is 10.6. The Balaban J connectivity index is 2.07. The van der Waals surface area contributed by atoms with E-state index in [-0.39, 0.29) is 20.3 Å². The first-order chi connectivity index (χ1) is 8.34. The van der Waals surface area contributed by atoms with E-state index >= 15 is 0 Å². The number of nitrogens with zero attached hydrogens (tertiary/aromatic N) is 1. The molecule has 0 fully saturated rings. The maximum absolute atomic E-state index is 12.1. The summed E-state index contributed by atoms with van der Waals surface area (Å²) in [5.74, 6) is 0. The Morgan fingerprint density at radius 3 is 2.41 bits per heavy atom. The van der Waals surface area contributed by atoms with Crippen LogP contribution in [0.4, 0.5) is 5.69 Å². The Hall–Kier alpha value is -1.77. The average Bonchev–Trinajstić information content (AvgIpc) is 2.68. The van der Waals surface area contributed by atoms with Gasteiger partial charge in [0.15, 0.2) is 0 Å². The zero-order chi connectivity index (χ0) is 11.7. The molecule has 3 aromatic rings. The van der Waals surface area contributed by atoms with Crippen molar-refractivity contribution in [2.24, 2.45) is 0 Å². The van der Waals surface area contributed by atoms with Crippen LogP contribution in [-0.4, -0.2) is 18.4 Å². The first-order valence-electron chi connectivity index (χ1n) is 5.28. The molecule has 1 aromatic heterocycles. The maximum atomic E-state index is 12.1. The molecule has 0 amide bonds. The fourth-order valence-corrected chi connectivity index (χ4v) is 3.61. The van der Waals surface area contributed by atoms with Crippen molar-refractivity contribution in [3.8, 4) is 0 Å². The van der Waals surface area contributed by atoms with Gasteiger partial charge in [0, 0.05) is 0 Å². The van der Waals surface area contributed by atoms with Gasteiger partial charge < -0.3 is 0 Å². The van der Waals surface area contributed by atoms with Crippen LogP contribution >= 0.6 is 0 Å². The van der Waals surface area contributed by atoms with E-state index < -0.39 is 0 Å². The van der Waals surface area contributed by atoms with Crippen LogP contribution in [0.1, 0.15) is 0 Å². The van der Waals surface area contributed by atoms with Gasteiger partial charge in [-0.05, 0) is 0 Å². The monoisotopic (exact) mass is 290 g/mol. The number of anilines is 1. The summed E-state index contributed by atoms with van der Waals surface area (Å²) in [5.41, 5.74) is 4.15. The number of rotatable bonds is 2. The van der Waals surface area contributed by atoms with Crippen molar-refractivity contribution in [3.05, 3.63) is 65.0 Å². The van der Waals surface area contributed by atoms with Crippen molar-refractivity contribution in [2.75, 3.05) is 5.43 Å². The molecule has 0 saturated heterocycles. The van der Waals surface area contributed by atoms with Gasteiger partial charge in [0.05, 0.1) is 0 Å². The van der Waals surface area contributed by atoms with Crippen LogP contribution in [0.2, 0.25) is 0 Å². The molecule has 0 atom stereocenters. The zero-order valence-corrected chi connectivity index (χ0v) is 10.7. The number of nitrogens with one attached hydrogen (secondary N) is 1. The molecule has 3 rings (SSSR count). The summed E-state index contributed by atoms with van der Waals surface area (Å²) in [7, 11) is 0. The molecule has 17 heavy (non-hydrogen) atoms. The molecule has 84 valence electrons. The molecule has 4 heteroatoms. The Morgan fingerprint density at radius 1 is 0.941 bits per heavy atom. The molecule has 0 aliphatic heterocycles. The Morgan fingerprint density at radius 2 is 1.65 bits per heavy atom. The van der Waals surface area contributed by atoms with E-state index in [0.717, 1.165) is 15.3 Å². The molecule has 0 aliphatic carbocycles. The number of hydrogen-bond donors (Lipinski definition) is 1. The third-order valence-electron chi connectivity index (χ3n) is 2.50.